The zero-order chi connectivity index (χ0) is 23.8. The summed E-state index contributed by atoms with van der Waals surface area (Å²) in [6.07, 6.45) is 3.49. The van der Waals surface area contributed by atoms with Crippen LogP contribution in [-0.4, -0.2) is 80.3 Å². The van der Waals surface area contributed by atoms with Crippen LogP contribution in [0.1, 0.15) is 38.3 Å². The molecule has 0 bridgehead atoms. The molecule has 1 aliphatic rings. The van der Waals surface area contributed by atoms with E-state index >= 15 is 0 Å². The summed E-state index contributed by atoms with van der Waals surface area (Å²) in [5, 5.41) is 14.4. The molecule has 1 aromatic heterocycles. The van der Waals surface area contributed by atoms with Crippen molar-refractivity contribution in [2.75, 3.05) is 6.54 Å². The zero-order valence-corrected chi connectivity index (χ0v) is 17.7. The minimum atomic E-state index is -1.16. The average Bonchev–Trinajstić information content (AvgIpc) is 3.41. The molecule has 1 saturated heterocycles. The van der Waals surface area contributed by atoms with Gasteiger partial charge in [0.25, 0.3) is 0 Å². The number of aliphatic carboxylic acids is 1. The number of carbonyl (C=O) groups excluding carboxylic acids is 4. The highest BCUT2D eigenvalue weighted by Gasteiger charge is 2.38. The summed E-state index contributed by atoms with van der Waals surface area (Å²) in [4.78, 5) is 68.8. The molecule has 4 amide bonds. The van der Waals surface area contributed by atoms with E-state index in [0.29, 0.717) is 18.5 Å². The third-order valence-corrected chi connectivity index (χ3v) is 5.14. The number of H-pyrrole nitrogens is 1. The number of aromatic nitrogens is 2. The van der Waals surface area contributed by atoms with Gasteiger partial charge >= 0.3 is 5.97 Å². The Bertz CT molecular complexity index is 841. The van der Waals surface area contributed by atoms with Crippen molar-refractivity contribution in [1.29, 1.82) is 0 Å². The number of aromatic amines is 1. The Morgan fingerprint density at radius 1 is 1.25 bits per heavy atom. The van der Waals surface area contributed by atoms with Gasteiger partial charge in [-0.2, -0.15) is 0 Å². The van der Waals surface area contributed by atoms with E-state index in [4.69, 9.17) is 11.5 Å². The quantitative estimate of drug-likeness (QED) is 0.213. The highest BCUT2D eigenvalue weighted by molar-refractivity contribution is 5.94. The number of carboxylic acid groups (broad SMARTS) is 1. The van der Waals surface area contributed by atoms with Gasteiger partial charge in [-0.25, -0.2) is 9.78 Å². The highest BCUT2D eigenvalue weighted by Crippen LogP contribution is 2.19. The van der Waals surface area contributed by atoms with E-state index in [1.54, 1.807) is 0 Å². The van der Waals surface area contributed by atoms with Crippen LogP contribution in [0.2, 0.25) is 0 Å². The number of nitrogens with zero attached hydrogens (tertiary/aromatic N) is 2. The molecule has 0 saturated carbocycles. The van der Waals surface area contributed by atoms with Gasteiger partial charge in [-0.05, 0) is 26.2 Å². The number of primary amides is 1. The number of rotatable bonds is 11. The number of nitrogens with one attached hydrogen (secondary N) is 3. The van der Waals surface area contributed by atoms with Gasteiger partial charge in [-0.15, -0.1) is 0 Å². The Labute approximate surface area is 184 Å². The molecule has 13 nitrogen and oxygen atoms in total. The number of carboxylic acids is 1. The molecule has 1 aromatic rings. The second-order valence-electron chi connectivity index (χ2n) is 7.72. The fourth-order valence-electron chi connectivity index (χ4n) is 3.43. The number of amides is 4. The lowest BCUT2D eigenvalue weighted by Gasteiger charge is -2.28. The molecule has 0 spiro atoms. The van der Waals surface area contributed by atoms with Gasteiger partial charge in [0.2, 0.25) is 23.6 Å². The SMILES string of the molecule is CC(N)C(=O)NC(CCC(N)=O)C(=O)NC(Cc1cnc[nH]1)C(=O)N1CCCC1C(=O)O. The van der Waals surface area contributed by atoms with Gasteiger partial charge in [-0.1, -0.05) is 0 Å². The summed E-state index contributed by atoms with van der Waals surface area (Å²) in [7, 11) is 0. The van der Waals surface area contributed by atoms with E-state index < -0.39 is 53.8 Å². The van der Waals surface area contributed by atoms with E-state index in [1.807, 2.05) is 0 Å². The van der Waals surface area contributed by atoms with Crippen molar-refractivity contribution in [3.05, 3.63) is 18.2 Å². The normalized spacial score (nSPS) is 18.4. The maximum atomic E-state index is 13.2. The van der Waals surface area contributed by atoms with Crippen molar-refractivity contribution < 1.29 is 29.1 Å². The van der Waals surface area contributed by atoms with E-state index in [0.717, 1.165) is 0 Å². The molecule has 4 atom stereocenters. The summed E-state index contributed by atoms with van der Waals surface area (Å²) in [6, 6.07) is -4.16. The molecule has 1 aliphatic heterocycles. The average molecular weight is 451 g/mol. The number of likely N-dealkylation sites (tertiary alicyclic amines) is 1. The lowest BCUT2D eigenvalue weighted by atomic mass is 10.1. The van der Waals surface area contributed by atoms with Gasteiger partial charge in [0.1, 0.15) is 18.1 Å². The number of nitrogens with two attached hydrogens (primary N) is 2. The van der Waals surface area contributed by atoms with Crippen molar-refractivity contribution in [2.24, 2.45) is 11.5 Å². The molecule has 4 unspecified atom stereocenters. The van der Waals surface area contributed by atoms with Gasteiger partial charge in [-0.3, -0.25) is 19.2 Å². The highest BCUT2D eigenvalue weighted by atomic mass is 16.4. The predicted octanol–water partition coefficient (Wildman–Crippen LogP) is -2.39. The molecule has 0 radical (unpaired) electrons. The zero-order valence-electron chi connectivity index (χ0n) is 17.7. The van der Waals surface area contributed by atoms with Crippen LogP contribution in [0.25, 0.3) is 0 Å². The summed E-state index contributed by atoms with van der Waals surface area (Å²) >= 11 is 0. The summed E-state index contributed by atoms with van der Waals surface area (Å²) in [6.45, 7) is 1.68. The molecule has 176 valence electrons. The predicted molar refractivity (Wildman–Crippen MR) is 111 cm³/mol. The van der Waals surface area contributed by atoms with Gasteiger partial charge in [0.05, 0.1) is 12.4 Å². The minimum absolute atomic E-state index is 0.0250. The standard InChI is InChI=1S/C19H29N7O6/c1-10(20)16(28)24-12(4-5-15(21)27)17(29)25-13(7-11-8-22-9-23-11)18(30)26-6-2-3-14(26)19(31)32/h8-10,12-14H,2-7,20H2,1H3,(H2,21,27)(H,22,23)(H,24,28)(H,25,29)(H,31,32). The lowest BCUT2D eigenvalue weighted by molar-refractivity contribution is -0.149. The van der Waals surface area contributed by atoms with Crippen molar-refractivity contribution in [3.63, 3.8) is 0 Å². The Morgan fingerprint density at radius 2 is 1.94 bits per heavy atom. The molecular weight excluding hydrogens is 422 g/mol. The molecule has 32 heavy (non-hydrogen) atoms. The van der Waals surface area contributed by atoms with Crippen molar-refractivity contribution in [1.82, 2.24) is 25.5 Å². The molecule has 0 aliphatic carbocycles. The third kappa shape index (κ3) is 6.77. The maximum Gasteiger partial charge on any atom is 0.326 e. The third-order valence-electron chi connectivity index (χ3n) is 5.14. The minimum Gasteiger partial charge on any atom is -0.480 e. The van der Waals surface area contributed by atoms with Gasteiger partial charge in [0.15, 0.2) is 0 Å². The molecule has 0 aromatic carbocycles. The molecule has 2 rings (SSSR count). The molecule has 1 fully saturated rings. The smallest absolute Gasteiger partial charge is 0.326 e. The molecule has 13 heteroatoms. The number of hydrogen-bond donors (Lipinski definition) is 6. The van der Waals surface area contributed by atoms with Crippen molar-refractivity contribution in [3.8, 4) is 0 Å². The summed E-state index contributed by atoms with van der Waals surface area (Å²) in [5.74, 6) is -3.68. The van der Waals surface area contributed by atoms with E-state index in [9.17, 15) is 29.1 Å². The number of carbonyl (C=O) groups is 5. The van der Waals surface area contributed by atoms with Crippen LogP contribution in [-0.2, 0) is 30.4 Å². The van der Waals surface area contributed by atoms with Gasteiger partial charge in [0, 0.05) is 31.3 Å². The number of hydrogen-bond acceptors (Lipinski definition) is 7. The largest absolute Gasteiger partial charge is 0.480 e. The van der Waals surface area contributed by atoms with Crippen LogP contribution in [0.5, 0.6) is 0 Å². The summed E-state index contributed by atoms with van der Waals surface area (Å²) < 4.78 is 0. The van der Waals surface area contributed by atoms with Crippen LogP contribution < -0.4 is 22.1 Å². The monoisotopic (exact) mass is 451 g/mol. The number of imidazole rings is 1. The fraction of sp³-hybridized carbons (Fsp3) is 0.579. The van der Waals surface area contributed by atoms with E-state index in [-0.39, 0.29) is 25.8 Å². The maximum absolute atomic E-state index is 13.2. The lowest BCUT2D eigenvalue weighted by Crippen LogP contribution is -2.57. The first-order chi connectivity index (χ1) is 15.1. The van der Waals surface area contributed by atoms with Crippen LogP contribution >= 0.6 is 0 Å². The van der Waals surface area contributed by atoms with Crippen LogP contribution in [0.4, 0.5) is 0 Å². The molecule has 2 heterocycles. The topological polar surface area (TPSA) is 214 Å². The van der Waals surface area contributed by atoms with Crippen LogP contribution in [0.15, 0.2) is 12.5 Å². The van der Waals surface area contributed by atoms with E-state index in [1.165, 1.54) is 24.3 Å². The first kappa shape index (κ1) is 24.8. The van der Waals surface area contributed by atoms with Crippen LogP contribution in [0, 0.1) is 0 Å². The fourth-order valence-corrected chi connectivity index (χ4v) is 3.43. The molecule has 8 N–H and O–H groups in total. The first-order valence-electron chi connectivity index (χ1n) is 10.2. The van der Waals surface area contributed by atoms with E-state index in [2.05, 4.69) is 20.6 Å². The van der Waals surface area contributed by atoms with Gasteiger partial charge < -0.3 is 37.1 Å². The Hall–Kier alpha value is -3.48. The van der Waals surface area contributed by atoms with Crippen LogP contribution in [0.3, 0.4) is 0 Å². The first-order valence-corrected chi connectivity index (χ1v) is 10.2. The second kappa shape index (κ2) is 11.2. The molecular formula is C19H29N7O6. The van der Waals surface area contributed by atoms with Crippen molar-refractivity contribution >= 4 is 29.6 Å². The Balaban J connectivity index is 2.22. The second-order valence-corrected chi connectivity index (χ2v) is 7.72. The Morgan fingerprint density at radius 3 is 2.50 bits per heavy atom. The summed E-state index contributed by atoms with van der Waals surface area (Å²) in [5.41, 5.74) is 11.3. The van der Waals surface area contributed by atoms with Crippen molar-refractivity contribution in [2.45, 2.75) is 63.2 Å². The Kier molecular flexibility index (Phi) is 8.70.